The average molecular weight is 551 g/mol. The van der Waals surface area contributed by atoms with Gasteiger partial charge in [-0.05, 0) is 55.5 Å². The molecule has 4 heterocycles. The molecule has 4 rings (SSSR count). The maximum atomic E-state index is 5.44. The molecule has 8 heteroatoms. The molecule has 3 aromatic heterocycles. The Labute approximate surface area is 205 Å². The first-order valence-corrected chi connectivity index (χ1v) is 11.4. The van der Waals surface area contributed by atoms with Crippen molar-refractivity contribution in [3.8, 4) is 0 Å². The Bertz CT molecular complexity index is 921. The number of guanidine groups is 1. The molecule has 1 aliphatic heterocycles. The Morgan fingerprint density at radius 3 is 2.77 bits per heavy atom. The predicted octanol–water partition coefficient (Wildman–Crippen LogP) is 4.61. The van der Waals surface area contributed by atoms with Crippen molar-refractivity contribution in [2.24, 2.45) is 4.99 Å². The van der Waals surface area contributed by atoms with Gasteiger partial charge in [0.15, 0.2) is 5.96 Å². The van der Waals surface area contributed by atoms with E-state index in [4.69, 9.17) is 9.41 Å². The number of halogens is 1. The fourth-order valence-electron chi connectivity index (χ4n) is 3.62. The molecular formula is C23H30IN5OS. The Morgan fingerprint density at radius 1 is 1.19 bits per heavy atom. The van der Waals surface area contributed by atoms with Gasteiger partial charge < -0.3 is 20.0 Å². The SMILES string of the molecule is Cc1cccc(N2CCC(NC(=NCc3cccs3)NCCc3ccco3)CC2)n1.I. The van der Waals surface area contributed by atoms with Crippen molar-refractivity contribution < 1.29 is 4.42 Å². The fourth-order valence-corrected chi connectivity index (χ4v) is 4.25. The first kappa shape index (κ1) is 23.6. The van der Waals surface area contributed by atoms with Gasteiger partial charge in [-0.1, -0.05) is 12.1 Å². The summed E-state index contributed by atoms with van der Waals surface area (Å²) in [6.07, 6.45) is 4.68. The normalized spacial score (nSPS) is 14.9. The van der Waals surface area contributed by atoms with E-state index in [1.165, 1.54) is 4.88 Å². The smallest absolute Gasteiger partial charge is 0.191 e. The van der Waals surface area contributed by atoms with Gasteiger partial charge in [-0.15, -0.1) is 35.3 Å². The number of thiophene rings is 1. The van der Waals surface area contributed by atoms with E-state index >= 15 is 0 Å². The van der Waals surface area contributed by atoms with Crippen LogP contribution in [0.5, 0.6) is 0 Å². The molecule has 1 fully saturated rings. The number of nitrogens with zero attached hydrogens (tertiary/aromatic N) is 3. The summed E-state index contributed by atoms with van der Waals surface area (Å²) in [5, 5.41) is 9.22. The number of furan rings is 1. The second-order valence-electron chi connectivity index (χ2n) is 7.54. The fraction of sp³-hybridized carbons (Fsp3) is 0.391. The van der Waals surface area contributed by atoms with E-state index in [9.17, 15) is 0 Å². The van der Waals surface area contributed by atoms with Gasteiger partial charge in [0.1, 0.15) is 11.6 Å². The van der Waals surface area contributed by atoms with E-state index in [1.54, 1.807) is 17.6 Å². The maximum absolute atomic E-state index is 5.44. The van der Waals surface area contributed by atoms with Gasteiger partial charge in [-0.3, -0.25) is 0 Å². The summed E-state index contributed by atoms with van der Waals surface area (Å²) >= 11 is 1.74. The van der Waals surface area contributed by atoms with E-state index in [0.29, 0.717) is 12.6 Å². The number of aliphatic imine (C=N–C) groups is 1. The van der Waals surface area contributed by atoms with Crippen LogP contribution < -0.4 is 15.5 Å². The number of anilines is 1. The summed E-state index contributed by atoms with van der Waals surface area (Å²) in [5.74, 6) is 2.94. The highest BCUT2D eigenvalue weighted by atomic mass is 127. The minimum Gasteiger partial charge on any atom is -0.469 e. The molecule has 1 saturated heterocycles. The molecular weight excluding hydrogens is 521 g/mol. The average Bonchev–Trinajstić information content (AvgIpc) is 3.47. The predicted molar refractivity (Wildman–Crippen MR) is 139 cm³/mol. The van der Waals surface area contributed by atoms with Crippen molar-refractivity contribution in [3.63, 3.8) is 0 Å². The highest BCUT2D eigenvalue weighted by molar-refractivity contribution is 14.0. The molecule has 0 bridgehead atoms. The highest BCUT2D eigenvalue weighted by Crippen LogP contribution is 2.18. The molecule has 166 valence electrons. The van der Waals surface area contributed by atoms with Crippen LogP contribution in [-0.2, 0) is 13.0 Å². The van der Waals surface area contributed by atoms with Crippen LogP contribution in [0.4, 0.5) is 5.82 Å². The molecule has 3 aromatic rings. The lowest BCUT2D eigenvalue weighted by atomic mass is 10.1. The molecule has 31 heavy (non-hydrogen) atoms. The number of piperidine rings is 1. The zero-order valence-electron chi connectivity index (χ0n) is 17.8. The molecule has 6 nitrogen and oxygen atoms in total. The van der Waals surface area contributed by atoms with Crippen LogP contribution in [0.25, 0.3) is 0 Å². The van der Waals surface area contributed by atoms with Gasteiger partial charge in [0.05, 0.1) is 12.8 Å². The maximum Gasteiger partial charge on any atom is 0.191 e. The molecule has 0 spiro atoms. The van der Waals surface area contributed by atoms with Gasteiger partial charge in [0, 0.05) is 42.7 Å². The van der Waals surface area contributed by atoms with Crippen molar-refractivity contribution in [2.45, 2.75) is 38.8 Å². The summed E-state index contributed by atoms with van der Waals surface area (Å²) in [4.78, 5) is 13.1. The second kappa shape index (κ2) is 12.1. The first-order valence-electron chi connectivity index (χ1n) is 10.5. The van der Waals surface area contributed by atoms with E-state index in [2.05, 4.69) is 50.2 Å². The number of hydrogen-bond donors (Lipinski definition) is 2. The van der Waals surface area contributed by atoms with Crippen molar-refractivity contribution in [3.05, 3.63) is 70.4 Å². The first-order chi connectivity index (χ1) is 14.8. The van der Waals surface area contributed by atoms with Crippen LogP contribution >= 0.6 is 35.3 Å². The monoisotopic (exact) mass is 551 g/mol. The molecule has 0 saturated carbocycles. The number of nitrogens with one attached hydrogen (secondary N) is 2. The zero-order valence-corrected chi connectivity index (χ0v) is 20.9. The number of pyridine rings is 1. The third kappa shape index (κ3) is 7.24. The van der Waals surface area contributed by atoms with Crippen LogP contribution in [0.2, 0.25) is 0 Å². The lowest BCUT2D eigenvalue weighted by Gasteiger charge is -2.34. The van der Waals surface area contributed by atoms with Crippen molar-refractivity contribution >= 4 is 47.1 Å². The number of aromatic nitrogens is 1. The molecule has 1 aliphatic rings. The molecule has 2 N–H and O–H groups in total. The minimum atomic E-state index is 0. The van der Waals surface area contributed by atoms with Crippen LogP contribution in [0.1, 0.15) is 29.2 Å². The van der Waals surface area contributed by atoms with E-state index in [1.807, 2.05) is 25.1 Å². The lowest BCUT2D eigenvalue weighted by molar-refractivity contribution is 0.458. The van der Waals surface area contributed by atoms with Crippen molar-refractivity contribution in [1.29, 1.82) is 0 Å². The highest BCUT2D eigenvalue weighted by Gasteiger charge is 2.21. The van der Waals surface area contributed by atoms with Crippen LogP contribution in [0.3, 0.4) is 0 Å². The summed E-state index contributed by atoms with van der Waals surface area (Å²) in [6.45, 7) is 5.52. The summed E-state index contributed by atoms with van der Waals surface area (Å²) in [6, 6.07) is 14.8. The van der Waals surface area contributed by atoms with Gasteiger partial charge >= 0.3 is 0 Å². The Hall–Kier alpha value is -2.07. The largest absolute Gasteiger partial charge is 0.469 e. The minimum absolute atomic E-state index is 0. The standard InChI is InChI=1S/C23H29N5OS.HI/c1-18-5-2-8-22(26-18)28-13-10-19(11-14-28)27-23(25-17-21-7-4-16-30-21)24-12-9-20-6-3-15-29-20;/h2-8,15-16,19H,9-14,17H2,1H3,(H2,24,25,27);1H. The van der Waals surface area contributed by atoms with E-state index in [0.717, 1.165) is 62.1 Å². The molecule has 0 atom stereocenters. The summed E-state index contributed by atoms with van der Waals surface area (Å²) in [5.41, 5.74) is 1.07. The Kier molecular flexibility index (Phi) is 9.20. The van der Waals surface area contributed by atoms with Crippen LogP contribution in [0, 0.1) is 6.92 Å². The summed E-state index contributed by atoms with van der Waals surface area (Å²) in [7, 11) is 0. The van der Waals surface area contributed by atoms with E-state index < -0.39 is 0 Å². The van der Waals surface area contributed by atoms with Crippen molar-refractivity contribution in [1.82, 2.24) is 15.6 Å². The Morgan fingerprint density at radius 2 is 2.06 bits per heavy atom. The molecule has 0 aromatic carbocycles. The number of rotatable bonds is 7. The van der Waals surface area contributed by atoms with Crippen molar-refractivity contribution in [2.75, 3.05) is 24.5 Å². The quantitative estimate of drug-likeness (QED) is 0.255. The molecule has 0 aliphatic carbocycles. The molecule has 0 radical (unpaired) electrons. The van der Waals surface area contributed by atoms with Gasteiger partial charge in [0.25, 0.3) is 0 Å². The second-order valence-corrected chi connectivity index (χ2v) is 8.58. The Balaban J connectivity index is 0.00000272. The van der Waals surface area contributed by atoms with E-state index in [-0.39, 0.29) is 24.0 Å². The number of hydrogen-bond acceptors (Lipinski definition) is 5. The summed E-state index contributed by atoms with van der Waals surface area (Å²) < 4.78 is 5.44. The van der Waals surface area contributed by atoms with Crippen LogP contribution in [-0.4, -0.2) is 36.6 Å². The third-order valence-corrected chi connectivity index (χ3v) is 6.11. The zero-order chi connectivity index (χ0) is 20.6. The third-order valence-electron chi connectivity index (χ3n) is 5.25. The molecule has 0 amide bonds. The molecule has 0 unspecified atom stereocenters. The van der Waals surface area contributed by atoms with Gasteiger partial charge in [-0.25, -0.2) is 9.98 Å². The van der Waals surface area contributed by atoms with Gasteiger partial charge in [-0.2, -0.15) is 0 Å². The lowest BCUT2D eigenvalue weighted by Crippen LogP contribution is -2.49. The number of aryl methyl sites for hydroxylation is 1. The van der Waals surface area contributed by atoms with Gasteiger partial charge in [0.2, 0.25) is 0 Å². The van der Waals surface area contributed by atoms with Crippen LogP contribution in [0.15, 0.2) is 63.5 Å². The topological polar surface area (TPSA) is 65.7 Å².